The minimum atomic E-state index is -0.311. The second-order valence-corrected chi connectivity index (χ2v) is 6.11. The Bertz CT molecular complexity index is 525. The summed E-state index contributed by atoms with van der Waals surface area (Å²) in [5, 5.41) is 12.0. The predicted octanol–water partition coefficient (Wildman–Crippen LogP) is 0.347. The fourth-order valence-electron chi connectivity index (χ4n) is 2.95. The molecule has 2 fully saturated rings. The summed E-state index contributed by atoms with van der Waals surface area (Å²) in [5.74, 6) is 0.0501. The molecule has 0 bridgehead atoms. The summed E-state index contributed by atoms with van der Waals surface area (Å²) >= 11 is 1.61. The van der Waals surface area contributed by atoms with Crippen molar-refractivity contribution >= 4 is 22.4 Å². The van der Waals surface area contributed by atoms with Gasteiger partial charge in [-0.25, -0.2) is 4.98 Å². The fraction of sp³-hybridized carbons (Fsp3) is 0.583. The van der Waals surface area contributed by atoms with Crippen LogP contribution in [0, 0.1) is 11.5 Å². The summed E-state index contributed by atoms with van der Waals surface area (Å²) in [7, 11) is 0. The van der Waals surface area contributed by atoms with Crippen molar-refractivity contribution in [2.24, 2.45) is 0 Å². The molecule has 2 aliphatic rings. The Balaban J connectivity index is 1.84. The van der Waals surface area contributed by atoms with Gasteiger partial charge in [0.05, 0.1) is 12.1 Å². The molecule has 2 aliphatic heterocycles. The minimum absolute atomic E-state index is 0.0501. The number of fused-ring (bicyclic) bond motifs is 1. The predicted molar refractivity (Wildman–Crippen MR) is 71.6 cm³/mol. The Morgan fingerprint density at radius 3 is 3.00 bits per heavy atom. The van der Waals surface area contributed by atoms with Gasteiger partial charge in [-0.15, -0.1) is 11.3 Å². The number of hydrogen-bond donors (Lipinski definition) is 0. The van der Waals surface area contributed by atoms with Crippen LogP contribution in [0.2, 0.25) is 0 Å². The first-order valence-electron chi connectivity index (χ1n) is 6.22. The molecule has 1 atom stereocenters. The zero-order chi connectivity index (χ0) is 13.5. The number of aromatic nitrogens is 1. The number of anilines is 1. The maximum absolute atomic E-state index is 12.1. The number of amides is 1. The molecule has 0 spiro atoms. The van der Waals surface area contributed by atoms with Crippen molar-refractivity contribution in [1.82, 2.24) is 14.8 Å². The highest BCUT2D eigenvalue weighted by molar-refractivity contribution is 7.13. The molecular formula is C12H15N5OS. The molecule has 6 nitrogen and oxygen atoms in total. The smallest absolute Gasteiger partial charge is 0.243 e. The van der Waals surface area contributed by atoms with E-state index in [0.29, 0.717) is 13.1 Å². The highest BCUT2D eigenvalue weighted by atomic mass is 32.1. The third kappa shape index (κ3) is 2.02. The van der Waals surface area contributed by atoms with Gasteiger partial charge in [-0.3, -0.25) is 9.69 Å². The van der Waals surface area contributed by atoms with Crippen LogP contribution < -0.4 is 4.90 Å². The van der Waals surface area contributed by atoms with Gasteiger partial charge in [0.2, 0.25) is 5.91 Å². The van der Waals surface area contributed by atoms with Gasteiger partial charge in [0.15, 0.2) is 11.3 Å². The lowest BCUT2D eigenvalue weighted by Crippen LogP contribution is -2.70. The summed E-state index contributed by atoms with van der Waals surface area (Å²) in [5.41, 5.74) is -0.311. The number of nitriles is 1. The van der Waals surface area contributed by atoms with Gasteiger partial charge >= 0.3 is 0 Å². The number of carbonyl (C=O) groups is 1. The maximum Gasteiger partial charge on any atom is 0.243 e. The van der Waals surface area contributed by atoms with E-state index >= 15 is 0 Å². The molecule has 1 aromatic heterocycles. The average molecular weight is 277 g/mol. The fourth-order valence-corrected chi connectivity index (χ4v) is 3.62. The summed E-state index contributed by atoms with van der Waals surface area (Å²) < 4.78 is 0. The van der Waals surface area contributed by atoms with Gasteiger partial charge in [0, 0.05) is 31.2 Å². The summed E-state index contributed by atoms with van der Waals surface area (Å²) in [6, 6.07) is 0. The van der Waals surface area contributed by atoms with Gasteiger partial charge in [-0.1, -0.05) is 0 Å². The zero-order valence-electron chi connectivity index (χ0n) is 10.7. The van der Waals surface area contributed by atoms with Crippen molar-refractivity contribution in [3.63, 3.8) is 0 Å². The van der Waals surface area contributed by atoms with E-state index < -0.39 is 0 Å². The number of rotatable bonds is 1. The monoisotopic (exact) mass is 277 g/mol. The number of hydrogen-bond acceptors (Lipinski definition) is 6. The molecule has 1 amide bonds. The Kier molecular flexibility index (Phi) is 2.82. The van der Waals surface area contributed by atoms with Crippen LogP contribution in [0.5, 0.6) is 0 Å². The Labute approximate surface area is 115 Å². The molecule has 7 heteroatoms. The standard InChI is InChI=1S/C12H15N5OS/c1-12-7-15(9-13)6-10(18)17(12)4-3-16(8-12)11-14-2-5-19-11/h2,5H,3-4,6-8H2,1H3. The van der Waals surface area contributed by atoms with E-state index in [1.54, 1.807) is 22.4 Å². The first-order valence-corrected chi connectivity index (χ1v) is 7.10. The Morgan fingerprint density at radius 2 is 2.32 bits per heavy atom. The van der Waals surface area contributed by atoms with Crippen molar-refractivity contribution in [2.45, 2.75) is 12.5 Å². The molecular weight excluding hydrogens is 262 g/mol. The van der Waals surface area contributed by atoms with Crippen LogP contribution >= 0.6 is 11.3 Å². The van der Waals surface area contributed by atoms with Crippen LogP contribution in [0.25, 0.3) is 0 Å². The van der Waals surface area contributed by atoms with Crippen molar-refractivity contribution < 1.29 is 4.79 Å². The van der Waals surface area contributed by atoms with Crippen molar-refractivity contribution in [2.75, 3.05) is 37.6 Å². The van der Waals surface area contributed by atoms with E-state index in [2.05, 4.69) is 16.1 Å². The molecule has 0 N–H and O–H groups in total. The highest BCUT2D eigenvalue weighted by Gasteiger charge is 2.45. The number of thiazole rings is 1. The molecule has 0 saturated carbocycles. The summed E-state index contributed by atoms with van der Waals surface area (Å²) in [6.45, 7) is 5.09. The van der Waals surface area contributed by atoms with Crippen molar-refractivity contribution in [3.05, 3.63) is 11.6 Å². The molecule has 1 unspecified atom stereocenters. The molecule has 0 aliphatic carbocycles. The average Bonchev–Trinajstić information content (AvgIpc) is 2.90. The molecule has 3 rings (SSSR count). The molecule has 19 heavy (non-hydrogen) atoms. The second kappa shape index (κ2) is 4.38. The van der Waals surface area contributed by atoms with Crippen molar-refractivity contribution in [1.29, 1.82) is 5.26 Å². The molecule has 1 aromatic rings. The van der Waals surface area contributed by atoms with Crippen LogP contribution in [0.1, 0.15) is 6.92 Å². The second-order valence-electron chi connectivity index (χ2n) is 5.23. The SMILES string of the molecule is CC12CN(C#N)CC(=O)N1CCN(c1nccs1)C2. The Morgan fingerprint density at radius 1 is 1.47 bits per heavy atom. The quantitative estimate of drug-likeness (QED) is 0.693. The van der Waals surface area contributed by atoms with Crippen LogP contribution in [0.4, 0.5) is 5.13 Å². The first-order chi connectivity index (χ1) is 9.12. The van der Waals surface area contributed by atoms with Crippen LogP contribution in [-0.4, -0.2) is 59.0 Å². The van der Waals surface area contributed by atoms with Crippen LogP contribution in [-0.2, 0) is 4.79 Å². The zero-order valence-corrected chi connectivity index (χ0v) is 11.6. The van der Waals surface area contributed by atoms with E-state index in [-0.39, 0.29) is 18.0 Å². The van der Waals surface area contributed by atoms with Gasteiger partial charge in [-0.2, -0.15) is 5.26 Å². The maximum atomic E-state index is 12.1. The highest BCUT2D eigenvalue weighted by Crippen LogP contribution is 2.30. The molecule has 0 radical (unpaired) electrons. The van der Waals surface area contributed by atoms with E-state index in [4.69, 9.17) is 5.26 Å². The minimum Gasteiger partial charge on any atom is -0.344 e. The van der Waals surface area contributed by atoms with Gasteiger partial charge in [0.1, 0.15) is 6.54 Å². The van der Waals surface area contributed by atoms with Crippen LogP contribution in [0.3, 0.4) is 0 Å². The van der Waals surface area contributed by atoms with E-state index in [1.165, 1.54) is 0 Å². The number of nitrogens with zero attached hydrogens (tertiary/aromatic N) is 5. The summed E-state index contributed by atoms with van der Waals surface area (Å²) in [4.78, 5) is 22.1. The molecule has 100 valence electrons. The summed E-state index contributed by atoms with van der Waals surface area (Å²) in [6.07, 6.45) is 3.89. The largest absolute Gasteiger partial charge is 0.344 e. The third-order valence-corrected chi connectivity index (χ3v) is 4.60. The molecule has 3 heterocycles. The Hall–Kier alpha value is -1.81. The van der Waals surface area contributed by atoms with Gasteiger partial charge in [0.25, 0.3) is 0 Å². The topological polar surface area (TPSA) is 63.5 Å². The molecule has 0 aromatic carbocycles. The lowest BCUT2D eigenvalue weighted by molar-refractivity contribution is -0.144. The lowest BCUT2D eigenvalue weighted by Gasteiger charge is -2.52. The first kappa shape index (κ1) is 12.2. The van der Waals surface area contributed by atoms with E-state index in [9.17, 15) is 4.79 Å². The van der Waals surface area contributed by atoms with E-state index in [0.717, 1.165) is 18.2 Å². The number of piperazine rings is 2. The van der Waals surface area contributed by atoms with Gasteiger partial charge < -0.3 is 9.80 Å². The normalized spacial score (nSPS) is 27.2. The number of carbonyl (C=O) groups excluding carboxylic acids is 1. The van der Waals surface area contributed by atoms with Crippen LogP contribution in [0.15, 0.2) is 11.6 Å². The lowest BCUT2D eigenvalue weighted by atomic mass is 9.93. The van der Waals surface area contributed by atoms with E-state index in [1.807, 2.05) is 17.2 Å². The molecule has 2 saturated heterocycles. The van der Waals surface area contributed by atoms with Crippen molar-refractivity contribution in [3.8, 4) is 6.19 Å². The third-order valence-electron chi connectivity index (χ3n) is 3.77. The van der Waals surface area contributed by atoms with Gasteiger partial charge in [-0.05, 0) is 6.92 Å².